The maximum absolute atomic E-state index is 12.7. The Morgan fingerprint density at radius 3 is 2.24 bits per heavy atom. The molecule has 1 N–H and O–H groups in total. The van der Waals surface area contributed by atoms with Crippen LogP contribution in [0.2, 0.25) is 0 Å². The van der Waals surface area contributed by atoms with Crippen molar-refractivity contribution in [1.29, 1.82) is 0 Å². The zero-order valence-corrected chi connectivity index (χ0v) is 15.9. The number of hydrogen-bond acceptors (Lipinski definition) is 2. The standard InChI is InChI=1S/C22H29NO2/c1-6-20(25-19-13-16(2)12-17(3)14-19)21(24)23-22(4,5)15-18-10-8-7-9-11-18/h7-14,20H,6,15H2,1-5H3,(H,23,24)/t20-/m0/s1. The SMILES string of the molecule is CC[C@H](Oc1cc(C)cc(C)c1)C(=O)NC(C)(C)Cc1ccccc1. The van der Waals surface area contributed by atoms with Crippen molar-refractivity contribution >= 4 is 5.91 Å². The van der Waals surface area contributed by atoms with Crippen LogP contribution in [0.4, 0.5) is 0 Å². The molecule has 2 aromatic carbocycles. The first-order chi connectivity index (χ1) is 11.8. The number of amides is 1. The highest BCUT2D eigenvalue weighted by Crippen LogP contribution is 2.19. The average molecular weight is 339 g/mol. The minimum Gasteiger partial charge on any atom is -0.481 e. The number of nitrogens with one attached hydrogen (secondary N) is 1. The van der Waals surface area contributed by atoms with E-state index in [1.54, 1.807) is 0 Å². The molecule has 0 spiro atoms. The molecule has 0 fully saturated rings. The summed E-state index contributed by atoms with van der Waals surface area (Å²) in [5, 5.41) is 3.14. The molecule has 1 atom stereocenters. The highest BCUT2D eigenvalue weighted by Gasteiger charge is 2.26. The van der Waals surface area contributed by atoms with Gasteiger partial charge in [-0.3, -0.25) is 4.79 Å². The summed E-state index contributed by atoms with van der Waals surface area (Å²) >= 11 is 0. The molecule has 2 aromatic rings. The normalized spacial score (nSPS) is 12.5. The van der Waals surface area contributed by atoms with Gasteiger partial charge in [0.15, 0.2) is 6.10 Å². The van der Waals surface area contributed by atoms with E-state index in [9.17, 15) is 4.79 Å². The van der Waals surface area contributed by atoms with E-state index in [0.29, 0.717) is 6.42 Å². The first-order valence-electron chi connectivity index (χ1n) is 8.90. The fourth-order valence-electron chi connectivity index (χ4n) is 3.05. The van der Waals surface area contributed by atoms with E-state index >= 15 is 0 Å². The summed E-state index contributed by atoms with van der Waals surface area (Å²) in [6.45, 7) is 10.1. The largest absolute Gasteiger partial charge is 0.481 e. The van der Waals surface area contributed by atoms with Crippen LogP contribution < -0.4 is 10.1 Å². The zero-order chi connectivity index (χ0) is 18.4. The fraction of sp³-hybridized carbons (Fsp3) is 0.409. The fourth-order valence-corrected chi connectivity index (χ4v) is 3.05. The van der Waals surface area contributed by atoms with Crippen LogP contribution in [-0.2, 0) is 11.2 Å². The molecule has 0 aliphatic rings. The molecule has 134 valence electrons. The topological polar surface area (TPSA) is 38.3 Å². The van der Waals surface area contributed by atoms with Crippen LogP contribution in [0.1, 0.15) is 43.9 Å². The molecule has 2 rings (SSSR count). The molecule has 0 aromatic heterocycles. The molecular formula is C22H29NO2. The number of hydrogen-bond donors (Lipinski definition) is 1. The second-order valence-corrected chi connectivity index (χ2v) is 7.37. The van der Waals surface area contributed by atoms with Gasteiger partial charge in [-0.05, 0) is 69.4 Å². The molecule has 0 unspecified atom stereocenters. The minimum atomic E-state index is -0.490. The molecule has 0 saturated heterocycles. The lowest BCUT2D eigenvalue weighted by Crippen LogP contribution is -2.50. The lowest BCUT2D eigenvalue weighted by Gasteiger charge is -2.29. The van der Waals surface area contributed by atoms with Crippen molar-refractivity contribution < 1.29 is 9.53 Å². The highest BCUT2D eigenvalue weighted by atomic mass is 16.5. The maximum atomic E-state index is 12.7. The Balaban J connectivity index is 2.03. The Bertz CT molecular complexity index is 687. The smallest absolute Gasteiger partial charge is 0.261 e. The third-order valence-electron chi connectivity index (χ3n) is 4.09. The van der Waals surface area contributed by atoms with Crippen LogP contribution in [0.15, 0.2) is 48.5 Å². The summed E-state index contributed by atoms with van der Waals surface area (Å²) < 4.78 is 5.97. The average Bonchev–Trinajstić information content (AvgIpc) is 2.51. The summed E-state index contributed by atoms with van der Waals surface area (Å²) in [4.78, 5) is 12.7. The van der Waals surface area contributed by atoms with E-state index in [4.69, 9.17) is 4.74 Å². The summed E-state index contributed by atoms with van der Waals surface area (Å²) in [5.41, 5.74) is 3.14. The van der Waals surface area contributed by atoms with Gasteiger partial charge in [0, 0.05) is 5.54 Å². The van der Waals surface area contributed by atoms with Gasteiger partial charge in [0.25, 0.3) is 5.91 Å². The van der Waals surface area contributed by atoms with Gasteiger partial charge >= 0.3 is 0 Å². The second-order valence-electron chi connectivity index (χ2n) is 7.37. The maximum Gasteiger partial charge on any atom is 0.261 e. The van der Waals surface area contributed by atoms with E-state index in [-0.39, 0.29) is 11.4 Å². The van der Waals surface area contributed by atoms with E-state index in [1.807, 2.05) is 65.0 Å². The molecule has 0 saturated carbocycles. The van der Waals surface area contributed by atoms with Gasteiger partial charge in [-0.15, -0.1) is 0 Å². The third kappa shape index (κ3) is 5.93. The second kappa shape index (κ2) is 8.19. The highest BCUT2D eigenvalue weighted by molar-refractivity contribution is 5.81. The number of ether oxygens (including phenoxy) is 1. The van der Waals surface area contributed by atoms with Crippen LogP contribution in [-0.4, -0.2) is 17.6 Å². The molecule has 0 heterocycles. The zero-order valence-electron chi connectivity index (χ0n) is 15.9. The molecular weight excluding hydrogens is 310 g/mol. The monoisotopic (exact) mass is 339 g/mol. The number of aryl methyl sites for hydroxylation is 2. The predicted octanol–water partition coefficient (Wildman–Crippen LogP) is 4.60. The lowest BCUT2D eigenvalue weighted by molar-refractivity contribution is -0.129. The molecule has 0 aliphatic carbocycles. The molecule has 1 amide bonds. The van der Waals surface area contributed by atoms with Crippen molar-refractivity contribution in [3.05, 3.63) is 65.2 Å². The van der Waals surface area contributed by atoms with Crippen molar-refractivity contribution in [2.75, 3.05) is 0 Å². The summed E-state index contributed by atoms with van der Waals surface area (Å²) in [5.74, 6) is 0.683. The minimum absolute atomic E-state index is 0.0670. The summed E-state index contributed by atoms with van der Waals surface area (Å²) in [6, 6.07) is 16.2. The van der Waals surface area contributed by atoms with Crippen molar-refractivity contribution in [3.63, 3.8) is 0 Å². The van der Waals surface area contributed by atoms with E-state index in [2.05, 4.69) is 23.5 Å². The van der Waals surface area contributed by atoms with E-state index < -0.39 is 6.10 Å². The summed E-state index contributed by atoms with van der Waals surface area (Å²) in [6.07, 6.45) is 0.913. The van der Waals surface area contributed by atoms with Crippen LogP contribution in [0.3, 0.4) is 0 Å². The lowest BCUT2D eigenvalue weighted by atomic mass is 9.94. The van der Waals surface area contributed by atoms with Crippen molar-refractivity contribution in [2.24, 2.45) is 0 Å². The Morgan fingerprint density at radius 1 is 1.08 bits per heavy atom. The van der Waals surface area contributed by atoms with E-state index in [1.165, 1.54) is 5.56 Å². The molecule has 0 bridgehead atoms. The third-order valence-corrected chi connectivity index (χ3v) is 4.09. The molecule has 0 aliphatic heterocycles. The molecule has 0 radical (unpaired) electrons. The van der Waals surface area contributed by atoms with Crippen LogP contribution >= 0.6 is 0 Å². The van der Waals surface area contributed by atoms with Gasteiger partial charge in [-0.1, -0.05) is 43.3 Å². The quantitative estimate of drug-likeness (QED) is 0.801. The van der Waals surface area contributed by atoms with Gasteiger partial charge in [0.1, 0.15) is 5.75 Å². The summed E-state index contributed by atoms with van der Waals surface area (Å²) in [7, 11) is 0. The number of carbonyl (C=O) groups excluding carboxylic acids is 1. The van der Waals surface area contributed by atoms with Gasteiger partial charge < -0.3 is 10.1 Å². The van der Waals surface area contributed by atoms with Crippen molar-refractivity contribution in [2.45, 2.75) is 59.1 Å². The first kappa shape index (κ1) is 19.0. The molecule has 3 nitrogen and oxygen atoms in total. The van der Waals surface area contributed by atoms with Crippen molar-refractivity contribution in [3.8, 4) is 5.75 Å². The van der Waals surface area contributed by atoms with Gasteiger partial charge in [0.05, 0.1) is 0 Å². The van der Waals surface area contributed by atoms with Gasteiger partial charge in [-0.25, -0.2) is 0 Å². The Kier molecular flexibility index (Phi) is 6.24. The number of carbonyl (C=O) groups is 1. The van der Waals surface area contributed by atoms with Crippen LogP contribution in [0, 0.1) is 13.8 Å². The number of benzene rings is 2. The Hall–Kier alpha value is -2.29. The Morgan fingerprint density at radius 2 is 1.68 bits per heavy atom. The molecule has 3 heteroatoms. The number of rotatable bonds is 7. The Labute approximate surface area is 151 Å². The predicted molar refractivity (Wildman–Crippen MR) is 103 cm³/mol. The van der Waals surface area contributed by atoms with Crippen LogP contribution in [0.5, 0.6) is 5.75 Å². The van der Waals surface area contributed by atoms with Gasteiger partial charge in [-0.2, -0.15) is 0 Å². The van der Waals surface area contributed by atoms with Crippen LogP contribution in [0.25, 0.3) is 0 Å². The van der Waals surface area contributed by atoms with Gasteiger partial charge in [0.2, 0.25) is 0 Å². The molecule has 25 heavy (non-hydrogen) atoms. The first-order valence-corrected chi connectivity index (χ1v) is 8.90. The van der Waals surface area contributed by atoms with E-state index in [0.717, 1.165) is 23.3 Å². The van der Waals surface area contributed by atoms with Crippen molar-refractivity contribution in [1.82, 2.24) is 5.32 Å².